The third-order valence-corrected chi connectivity index (χ3v) is 4.11. The first-order chi connectivity index (χ1) is 11.0. The van der Waals surface area contributed by atoms with Gasteiger partial charge in [-0.05, 0) is 55.5 Å². The molecular weight excluding hydrogens is 286 g/mol. The fourth-order valence-electron chi connectivity index (χ4n) is 2.34. The lowest BCUT2D eigenvalue weighted by atomic mass is 10.0. The van der Waals surface area contributed by atoms with Crippen LogP contribution in [0.5, 0.6) is 5.75 Å². The molecular formula is C20H25NO2. The largest absolute Gasteiger partial charge is 0.481 e. The molecule has 0 aromatic heterocycles. The van der Waals surface area contributed by atoms with Gasteiger partial charge >= 0.3 is 0 Å². The van der Waals surface area contributed by atoms with Crippen molar-refractivity contribution in [3.05, 3.63) is 65.2 Å². The first-order valence-corrected chi connectivity index (χ1v) is 8.04. The third kappa shape index (κ3) is 4.85. The summed E-state index contributed by atoms with van der Waals surface area (Å²) in [6, 6.07) is 16.0. The standard InChI is InChI=1S/C20H25NO2/c1-14-10-11-19(12-15(14)2)23-17(4)20(22)21-13-16(3)18-8-6-5-7-9-18/h5-12,16-17H,13H2,1-4H3,(H,21,22)/t16-,17-/m0/s1. The molecule has 0 unspecified atom stereocenters. The van der Waals surface area contributed by atoms with Crippen LogP contribution in [0.25, 0.3) is 0 Å². The number of nitrogens with one attached hydrogen (secondary N) is 1. The minimum absolute atomic E-state index is 0.0917. The number of amides is 1. The van der Waals surface area contributed by atoms with Crippen LogP contribution in [-0.2, 0) is 4.79 Å². The fraction of sp³-hybridized carbons (Fsp3) is 0.350. The Labute approximate surface area is 138 Å². The molecule has 0 bridgehead atoms. The average molecular weight is 311 g/mol. The molecule has 0 spiro atoms. The number of hydrogen-bond donors (Lipinski definition) is 1. The molecule has 0 aliphatic rings. The van der Waals surface area contributed by atoms with E-state index in [1.165, 1.54) is 11.1 Å². The highest BCUT2D eigenvalue weighted by atomic mass is 16.5. The predicted molar refractivity (Wildman–Crippen MR) is 93.9 cm³/mol. The molecule has 2 atom stereocenters. The van der Waals surface area contributed by atoms with E-state index in [2.05, 4.69) is 31.3 Å². The maximum absolute atomic E-state index is 12.2. The van der Waals surface area contributed by atoms with Crippen molar-refractivity contribution in [1.82, 2.24) is 5.32 Å². The van der Waals surface area contributed by atoms with E-state index in [0.29, 0.717) is 6.54 Å². The summed E-state index contributed by atoms with van der Waals surface area (Å²) in [4.78, 5) is 12.2. The minimum Gasteiger partial charge on any atom is -0.481 e. The van der Waals surface area contributed by atoms with Gasteiger partial charge in [0.25, 0.3) is 5.91 Å². The molecule has 0 saturated heterocycles. The summed E-state index contributed by atoms with van der Waals surface area (Å²) in [6.45, 7) is 8.57. The Bertz CT molecular complexity index is 652. The molecule has 0 aliphatic heterocycles. The van der Waals surface area contributed by atoms with Crippen LogP contribution in [0.15, 0.2) is 48.5 Å². The predicted octanol–water partition coefficient (Wildman–Crippen LogP) is 3.99. The number of rotatable bonds is 6. The average Bonchev–Trinajstić information content (AvgIpc) is 2.56. The van der Waals surface area contributed by atoms with Gasteiger partial charge in [-0.2, -0.15) is 0 Å². The zero-order chi connectivity index (χ0) is 16.8. The van der Waals surface area contributed by atoms with Crippen molar-refractivity contribution in [1.29, 1.82) is 0 Å². The second-order valence-corrected chi connectivity index (χ2v) is 6.06. The van der Waals surface area contributed by atoms with E-state index < -0.39 is 6.10 Å². The Morgan fingerprint density at radius 2 is 1.74 bits per heavy atom. The zero-order valence-electron chi connectivity index (χ0n) is 14.3. The van der Waals surface area contributed by atoms with E-state index in [4.69, 9.17) is 4.74 Å². The van der Waals surface area contributed by atoms with Crippen LogP contribution in [0, 0.1) is 13.8 Å². The molecule has 0 radical (unpaired) electrons. The van der Waals surface area contributed by atoms with Crippen LogP contribution in [0.1, 0.15) is 36.5 Å². The molecule has 3 nitrogen and oxygen atoms in total. The van der Waals surface area contributed by atoms with Crippen molar-refractivity contribution >= 4 is 5.91 Å². The Morgan fingerprint density at radius 3 is 2.39 bits per heavy atom. The summed E-state index contributed by atoms with van der Waals surface area (Å²) in [5.41, 5.74) is 3.59. The van der Waals surface area contributed by atoms with Gasteiger partial charge in [-0.25, -0.2) is 0 Å². The molecule has 2 rings (SSSR count). The van der Waals surface area contributed by atoms with Crippen LogP contribution in [-0.4, -0.2) is 18.6 Å². The van der Waals surface area contributed by atoms with Gasteiger partial charge in [0.05, 0.1) is 0 Å². The minimum atomic E-state index is -0.514. The Kier molecular flexibility index (Phi) is 5.80. The smallest absolute Gasteiger partial charge is 0.260 e. The molecule has 2 aromatic carbocycles. The van der Waals surface area contributed by atoms with Gasteiger partial charge in [0.15, 0.2) is 6.10 Å². The number of aryl methyl sites for hydroxylation is 2. The van der Waals surface area contributed by atoms with Gasteiger partial charge < -0.3 is 10.1 Å². The first-order valence-electron chi connectivity index (χ1n) is 8.04. The fourth-order valence-corrected chi connectivity index (χ4v) is 2.34. The van der Waals surface area contributed by atoms with Crippen LogP contribution >= 0.6 is 0 Å². The Morgan fingerprint density at radius 1 is 1.04 bits per heavy atom. The quantitative estimate of drug-likeness (QED) is 0.876. The molecule has 122 valence electrons. The van der Waals surface area contributed by atoms with E-state index in [-0.39, 0.29) is 11.8 Å². The van der Waals surface area contributed by atoms with Crippen molar-refractivity contribution in [3.8, 4) is 5.75 Å². The molecule has 0 saturated carbocycles. The monoisotopic (exact) mass is 311 g/mol. The van der Waals surface area contributed by atoms with Crippen LogP contribution < -0.4 is 10.1 Å². The second-order valence-electron chi connectivity index (χ2n) is 6.06. The van der Waals surface area contributed by atoms with Gasteiger partial charge in [-0.15, -0.1) is 0 Å². The maximum atomic E-state index is 12.2. The molecule has 0 aliphatic carbocycles. The summed E-state index contributed by atoms with van der Waals surface area (Å²) < 4.78 is 5.74. The molecule has 2 aromatic rings. The number of hydrogen-bond acceptors (Lipinski definition) is 2. The SMILES string of the molecule is Cc1ccc(O[C@@H](C)C(=O)NC[C@H](C)c2ccccc2)cc1C. The van der Waals surface area contributed by atoms with Crippen molar-refractivity contribution in [2.75, 3.05) is 6.54 Å². The summed E-state index contributed by atoms with van der Waals surface area (Å²) in [5.74, 6) is 0.909. The number of carbonyl (C=O) groups excluding carboxylic acids is 1. The maximum Gasteiger partial charge on any atom is 0.260 e. The van der Waals surface area contributed by atoms with Gasteiger partial charge in [0.2, 0.25) is 0 Å². The third-order valence-electron chi connectivity index (χ3n) is 4.11. The summed E-state index contributed by atoms with van der Waals surface area (Å²) in [5, 5.41) is 2.96. The van der Waals surface area contributed by atoms with Crippen molar-refractivity contribution < 1.29 is 9.53 Å². The summed E-state index contributed by atoms with van der Waals surface area (Å²) in [7, 11) is 0. The highest BCUT2D eigenvalue weighted by Gasteiger charge is 2.16. The van der Waals surface area contributed by atoms with Crippen molar-refractivity contribution in [2.45, 2.75) is 39.7 Å². The Balaban J connectivity index is 1.86. The summed E-state index contributed by atoms with van der Waals surface area (Å²) >= 11 is 0. The van der Waals surface area contributed by atoms with E-state index in [1.54, 1.807) is 6.92 Å². The van der Waals surface area contributed by atoms with Crippen molar-refractivity contribution in [3.63, 3.8) is 0 Å². The highest BCUT2D eigenvalue weighted by Crippen LogP contribution is 2.18. The molecule has 0 fully saturated rings. The number of carbonyl (C=O) groups is 1. The number of benzene rings is 2. The van der Waals surface area contributed by atoms with Crippen LogP contribution in [0.3, 0.4) is 0 Å². The lowest BCUT2D eigenvalue weighted by molar-refractivity contribution is -0.127. The molecule has 0 heterocycles. The lowest BCUT2D eigenvalue weighted by Crippen LogP contribution is -2.38. The molecule has 1 N–H and O–H groups in total. The normalized spacial score (nSPS) is 13.2. The highest BCUT2D eigenvalue weighted by molar-refractivity contribution is 5.80. The van der Waals surface area contributed by atoms with Gasteiger partial charge in [0.1, 0.15) is 5.75 Å². The first kappa shape index (κ1) is 17.1. The molecule has 23 heavy (non-hydrogen) atoms. The topological polar surface area (TPSA) is 38.3 Å². The van der Waals surface area contributed by atoms with E-state index in [9.17, 15) is 4.79 Å². The Hall–Kier alpha value is -2.29. The zero-order valence-corrected chi connectivity index (χ0v) is 14.3. The number of ether oxygens (including phenoxy) is 1. The van der Waals surface area contributed by atoms with Gasteiger partial charge in [-0.1, -0.05) is 43.3 Å². The molecule has 3 heteroatoms. The van der Waals surface area contributed by atoms with Crippen molar-refractivity contribution in [2.24, 2.45) is 0 Å². The summed E-state index contributed by atoms with van der Waals surface area (Å²) in [6.07, 6.45) is -0.514. The van der Waals surface area contributed by atoms with Crippen LogP contribution in [0.2, 0.25) is 0 Å². The van der Waals surface area contributed by atoms with E-state index in [1.807, 2.05) is 43.3 Å². The van der Waals surface area contributed by atoms with Crippen LogP contribution in [0.4, 0.5) is 0 Å². The van der Waals surface area contributed by atoms with E-state index in [0.717, 1.165) is 11.3 Å². The lowest BCUT2D eigenvalue weighted by Gasteiger charge is -2.18. The second kappa shape index (κ2) is 7.82. The van der Waals surface area contributed by atoms with Gasteiger partial charge in [0, 0.05) is 6.54 Å². The van der Waals surface area contributed by atoms with E-state index >= 15 is 0 Å². The van der Waals surface area contributed by atoms with Gasteiger partial charge in [-0.3, -0.25) is 4.79 Å². The molecule has 1 amide bonds.